The Morgan fingerprint density at radius 2 is 2.00 bits per heavy atom. The molecule has 1 fully saturated rings. The van der Waals surface area contributed by atoms with Gasteiger partial charge in [-0.05, 0) is 25.2 Å². The molecule has 86 valence electrons. The molecule has 4 nitrogen and oxygen atoms in total. The normalized spacial score (nSPS) is 36.4. The molecule has 0 spiro atoms. The molecule has 0 aliphatic heterocycles. The van der Waals surface area contributed by atoms with Crippen LogP contribution in [0, 0.1) is 17.8 Å². The van der Waals surface area contributed by atoms with E-state index in [1.165, 1.54) is 0 Å². The van der Waals surface area contributed by atoms with Gasteiger partial charge in [-0.2, -0.15) is 0 Å². The zero-order chi connectivity index (χ0) is 11.1. The van der Waals surface area contributed by atoms with Gasteiger partial charge >= 0.3 is 29.6 Å². The number of ether oxygens (including phenoxy) is 1. The molecule has 6 heteroatoms. The van der Waals surface area contributed by atoms with Gasteiger partial charge in [0.25, 0.3) is 0 Å². The third kappa shape index (κ3) is 2.71. The summed E-state index contributed by atoms with van der Waals surface area (Å²) in [5, 5.41) is -0.765. The molecule has 0 heterocycles. The van der Waals surface area contributed by atoms with Gasteiger partial charge in [-0.3, -0.25) is 0 Å². The summed E-state index contributed by atoms with van der Waals surface area (Å²) in [4.78, 5) is 0. The quantitative estimate of drug-likeness (QED) is 0.323. The molecule has 0 saturated heterocycles. The minimum absolute atomic E-state index is 0. The van der Waals surface area contributed by atoms with Crippen molar-refractivity contribution in [3.8, 4) is 0 Å². The van der Waals surface area contributed by atoms with Crippen molar-refractivity contribution >= 4 is 10.1 Å². The van der Waals surface area contributed by atoms with E-state index in [9.17, 15) is 13.0 Å². The monoisotopic (exact) mass is 254 g/mol. The van der Waals surface area contributed by atoms with Crippen molar-refractivity contribution in [2.45, 2.75) is 18.6 Å². The van der Waals surface area contributed by atoms with E-state index in [1.807, 2.05) is 19.1 Å². The van der Waals surface area contributed by atoms with Gasteiger partial charge < -0.3 is 9.29 Å². The Bertz CT molecular complexity index is 365. The first-order valence-electron chi connectivity index (χ1n) is 5.24. The molecule has 2 bridgehead atoms. The molecule has 2 rings (SSSR count). The molecule has 0 N–H and O–H groups in total. The van der Waals surface area contributed by atoms with Gasteiger partial charge in [0.2, 0.25) is 0 Å². The van der Waals surface area contributed by atoms with Gasteiger partial charge in [0.05, 0.1) is 22.0 Å². The van der Waals surface area contributed by atoms with Gasteiger partial charge in [0.1, 0.15) is 0 Å². The van der Waals surface area contributed by atoms with Gasteiger partial charge in [-0.1, -0.05) is 12.2 Å². The number of rotatable bonds is 4. The van der Waals surface area contributed by atoms with Crippen molar-refractivity contribution in [2.75, 3.05) is 13.2 Å². The second-order valence-corrected chi connectivity index (χ2v) is 5.76. The summed E-state index contributed by atoms with van der Waals surface area (Å²) >= 11 is 0. The maximum atomic E-state index is 11.2. The Labute approximate surface area is 118 Å². The molecule has 0 aromatic carbocycles. The van der Waals surface area contributed by atoms with Crippen molar-refractivity contribution < 1.29 is 47.3 Å². The van der Waals surface area contributed by atoms with E-state index in [2.05, 4.69) is 0 Å². The van der Waals surface area contributed by atoms with Crippen molar-refractivity contribution in [3.05, 3.63) is 12.2 Å². The van der Waals surface area contributed by atoms with E-state index < -0.39 is 15.4 Å². The molecule has 0 amide bonds. The van der Waals surface area contributed by atoms with Crippen LogP contribution >= 0.6 is 0 Å². The van der Waals surface area contributed by atoms with Crippen LogP contribution in [-0.2, 0) is 14.9 Å². The zero-order valence-electron chi connectivity index (χ0n) is 9.63. The van der Waals surface area contributed by atoms with E-state index in [4.69, 9.17) is 4.74 Å². The predicted molar refractivity (Wildman–Crippen MR) is 54.2 cm³/mol. The van der Waals surface area contributed by atoms with Gasteiger partial charge in [0, 0.05) is 12.5 Å². The maximum absolute atomic E-state index is 11.2. The Morgan fingerprint density at radius 3 is 2.56 bits per heavy atom. The van der Waals surface area contributed by atoms with Crippen LogP contribution in [0.5, 0.6) is 0 Å². The first kappa shape index (κ1) is 14.7. The minimum Gasteiger partial charge on any atom is -0.748 e. The minimum atomic E-state index is -4.19. The average molecular weight is 254 g/mol. The molecular formula is C10H15NaO4S. The second-order valence-electron chi connectivity index (χ2n) is 4.23. The summed E-state index contributed by atoms with van der Waals surface area (Å²) < 4.78 is 38.7. The largest absolute Gasteiger partial charge is 1.00 e. The Hall–Kier alpha value is 0.610. The zero-order valence-corrected chi connectivity index (χ0v) is 12.4. The fraction of sp³-hybridized carbons (Fsp3) is 0.800. The molecule has 0 aromatic heterocycles. The standard InChI is InChI=1S/C10H16O4S.Na/c1-2-14-6-9-7-3-4-8(5-7)10(9)15(11,12)13;/h3-4,7-10H,2,5-6H2,1H3,(H,11,12,13);/q;+1/p-1/t7-,8+,9-,10+;/m1./s1. The molecule has 0 unspecified atom stereocenters. The molecule has 4 atom stereocenters. The van der Waals surface area contributed by atoms with Crippen LogP contribution in [0.4, 0.5) is 0 Å². The number of allylic oxidation sites excluding steroid dienone is 2. The first-order chi connectivity index (χ1) is 7.04. The molecular weight excluding hydrogens is 239 g/mol. The van der Waals surface area contributed by atoms with Crippen LogP contribution in [0.3, 0.4) is 0 Å². The summed E-state index contributed by atoms with van der Waals surface area (Å²) in [6.07, 6.45) is 4.69. The van der Waals surface area contributed by atoms with Crippen LogP contribution in [-0.4, -0.2) is 31.4 Å². The fourth-order valence-electron chi connectivity index (χ4n) is 2.78. The second kappa shape index (κ2) is 5.50. The molecule has 0 aromatic rings. The Kier molecular flexibility index (Phi) is 5.04. The molecule has 1 saturated carbocycles. The molecule has 2 aliphatic carbocycles. The number of hydrogen-bond acceptors (Lipinski definition) is 4. The summed E-state index contributed by atoms with van der Waals surface area (Å²) in [7, 11) is -4.19. The topological polar surface area (TPSA) is 66.4 Å². The van der Waals surface area contributed by atoms with E-state index >= 15 is 0 Å². The first-order valence-corrected chi connectivity index (χ1v) is 6.72. The maximum Gasteiger partial charge on any atom is 1.00 e. The number of fused-ring (bicyclic) bond motifs is 2. The summed E-state index contributed by atoms with van der Waals surface area (Å²) in [6.45, 7) is 2.81. The summed E-state index contributed by atoms with van der Waals surface area (Å²) in [5.74, 6) is 0.000631. The SMILES string of the molecule is CCOC[C@H]1[C@@H](S(=O)(=O)[O-])[C@H]2C=C[C@@H]1C2.[Na+]. The summed E-state index contributed by atoms with van der Waals surface area (Å²) in [5.41, 5.74) is 0. The van der Waals surface area contributed by atoms with Crippen LogP contribution in [0.2, 0.25) is 0 Å². The van der Waals surface area contributed by atoms with Gasteiger partial charge in [0.15, 0.2) is 0 Å². The number of hydrogen-bond donors (Lipinski definition) is 0. The fourth-order valence-corrected chi connectivity index (χ4v) is 4.12. The van der Waals surface area contributed by atoms with Crippen molar-refractivity contribution in [1.82, 2.24) is 0 Å². The van der Waals surface area contributed by atoms with Crippen LogP contribution < -0.4 is 29.6 Å². The Balaban J connectivity index is 0.00000128. The predicted octanol–water partition coefficient (Wildman–Crippen LogP) is -2.24. The molecule has 2 aliphatic rings. The van der Waals surface area contributed by atoms with Crippen LogP contribution in [0.1, 0.15) is 13.3 Å². The van der Waals surface area contributed by atoms with E-state index in [0.717, 1.165) is 6.42 Å². The van der Waals surface area contributed by atoms with E-state index in [-0.39, 0.29) is 47.3 Å². The summed E-state index contributed by atoms with van der Waals surface area (Å²) in [6, 6.07) is 0. The van der Waals surface area contributed by atoms with Crippen molar-refractivity contribution in [3.63, 3.8) is 0 Å². The van der Waals surface area contributed by atoms with Crippen LogP contribution in [0.15, 0.2) is 12.2 Å². The third-order valence-corrected chi connectivity index (χ3v) is 4.76. The third-order valence-electron chi connectivity index (χ3n) is 3.39. The average Bonchev–Trinajstić information content (AvgIpc) is 2.71. The van der Waals surface area contributed by atoms with Gasteiger partial charge in [-0.15, -0.1) is 0 Å². The van der Waals surface area contributed by atoms with Crippen molar-refractivity contribution in [1.29, 1.82) is 0 Å². The van der Waals surface area contributed by atoms with Gasteiger partial charge in [-0.25, -0.2) is 8.42 Å². The molecule has 0 radical (unpaired) electrons. The van der Waals surface area contributed by atoms with Crippen LogP contribution in [0.25, 0.3) is 0 Å². The van der Waals surface area contributed by atoms with E-state index in [1.54, 1.807) is 0 Å². The smallest absolute Gasteiger partial charge is 0.748 e. The molecule has 16 heavy (non-hydrogen) atoms. The van der Waals surface area contributed by atoms with E-state index in [0.29, 0.717) is 13.2 Å². The Morgan fingerprint density at radius 1 is 1.38 bits per heavy atom. The van der Waals surface area contributed by atoms with Crippen molar-refractivity contribution in [2.24, 2.45) is 17.8 Å².